The number of nitrogens with one attached hydrogen (secondary N) is 1. The van der Waals surface area contributed by atoms with E-state index in [0.717, 1.165) is 11.8 Å². The van der Waals surface area contributed by atoms with E-state index in [0.29, 0.717) is 37.0 Å². The quantitative estimate of drug-likeness (QED) is 0.317. The molecule has 8 heteroatoms. The van der Waals surface area contributed by atoms with Crippen LogP contribution in [0.1, 0.15) is 31.2 Å². The fourth-order valence-corrected chi connectivity index (χ4v) is 3.51. The summed E-state index contributed by atoms with van der Waals surface area (Å²) in [5.41, 5.74) is 7.56. The molecule has 0 heterocycles. The van der Waals surface area contributed by atoms with Gasteiger partial charge in [-0.25, -0.2) is 8.42 Å². The van der Waals surface area contributed by atoms with Crippen molar-refractivity contribution in [3.05, 3.63) is 48.0 Å². The Balaban J connectivity index is 2.15. The summed E-state index contributed by atoms with van der Waals surface area (Å²) in [5, 5.41) is 16.1. The highest BCUT2D eigenvalue weighted by molar-refractivity contribution is 7.90. The molecule has 0 spiro atoms. The van der Waals surface area contributed by atoms with Crippen molar-refractivity contribution in [1.29, 1.82) is 5.41 Å². The van der Waals surface area contributed by atoms with Gasteiger partial charge in [-0.2, -0.15) is 0 Å². The molecule has 0 aliphatic heterocycles. The fraction of sp³-hybridized carbons (Fsp3) is 0.300. The predicted octanol–water partition coefficient (Wildman–Crippen LogP) is 3.06. The van der Waals surface area contributed by atoms with E-state index in [2.05, 4.69) is 0 Å². The first-order chi connectivity index (χ1) is 13.2. The van der Waals surface area contributed by atoms with Crippen molar-refractivity contribution in [3.8, 4) is 16.9 Å². The van der Waals surface area contributed by atoms with Crippen LogP contribution in [-0.4, -0.2) is 38.2 Å². The minimum absolute atomic E-state index is 0.0320. The lowest BCUT2D eigenvalue weighted by molar-refractivity contribution is -0.137. The summed E-state index contributed by atoms with van der Waals surface area (Å²) >= 11 is 0. The lowest BCUT2D eigenvalue weighted by Crippen LogP contribution is -2.10. The standard InChI is InChI=1S/C20H24N2O5S/c1-28(25,26)18-13-16(14-6-8-15(9-7-14)20(21)22)10-11-17(18)27-12-4-2-3-5-19(23)24/h6-11,13H,2-5,12H2,1H3,(H3,21,22)(H,23,24). The Morgan fingerprint density at radius 1 is 1.07 bits per heavy atom. The van der Waals surface area contributed by atoms with Crippen molar-refractivity contribution in [2.24, 2.45) is 5.73 Å². The van der Waals surface area contributed by atoms with Gasteiger partial charge in [0.1, 0.15) is 16.5 Å². The second-order valence-electron chi connectivity index (χ2n) is 6.48. The van der Waals surface area contributed by atoms with Gasteiger partial charge >= 0.3 is 5.97 Å². The first kappa shape index (κ1) is 21.4. The van der Waals surface area contributed by atoms with Crippen molar-refractivity contribution >= 4 is 21.6 Å². The summed E-state index contributed by atoms with van der Waals surface area (Å²) in [6, 6.07) is 11.9. The number of benzene rings is 2. The Hall–Kier alpha value is -2.87. The SMILES string of the molecule is CS(=O)(=O)c1cc(-c2ccc(C(=N)N)cc2)ccc1OCCCCCC(=O)O. The lowest BCUT2D eigenvalue weighted by atomic mass is 10.0. The van der Waals surface area contributed by atoms with Crippen LogP contribution in [0.5, 0.6) is 5.75 Å². The van der Waals surface area contributed by atoms with E-state index in [1.54, 1.807) is 42.5 Å². The van der Waals surface area contributed by atoms with Crippen LogP contribution in [0.3, 0.4) is 0 Å². The number of carboxylic acid groups (broad SMARTS) is 1. The molecule has 0 unspecified atom stereocenters. The predicted molar refractivity (Wildman–Crippen MR) is 108 cm³/mol. The monoisotopic (exact) mass is 404 g/mol. The number of unbranched alkanes of at least 4 members (excludes halogenated alkanes) is 2. The molecule has 0 saturated heterocycles. The Morgan fingerprint density at radius 3 is 2.29 bits per heavy atom. The summed E-state index contributed by atoms with van der Waals surface area (Å²) < 4.78 is 30.0. The number of sulfone groups is 1. The van der Waals surface area contributed by atoms with E-state index in [1.807, 2.05) is 0 Å². The van der Waals surface area contributed by atoms with Crippen molar-refractivity contribution in [2.75, 3.05) is 12.9 Å². The number of nitrogen functional groups attached to an aromatic ring is 1. The minimum Gasteiger partial charge on any atom is -0.492 e. The van der Waals surface area contributed by atoms with Gasteiger partial charge in [0.2, 0.25) is 0 Å². The van der Waals surface area contributed by atoms with Gasteiger partial charge in [-0.05, 0) is 42.5 Å². The third-order valence-electron chi connectivity index (χ3n) is 4.16. The number of hydrogen-bond donors (Lipinski definition) is 3. The number of aliphatic carboxylic acids is 1. The van der Waals surface area contributed by atoms with E-state index in [1.165, 1.54) is 0 Å². The topological polar surface area (TPSA) is 131 Å². The molecule has 0 amide bonds. The third kappa shape index (κ3) is 6.09. The smallest absolute Gasteiger partial charge is 0.303 e. The highest BCUT2D eigenvalue weighted by Gasteiger charge is 2.16. The van der Waals surface area contributed by atoms with Gasteiger partial charge in [0.25, 0.3) is 0 Å². The molecule has 0 aliphatic carbocycles. The van der Waals surface area contributed by atoms with Crippen LogP contribution in [0.25, 0.3) is 11.1 Å². The molecule has 0 bridgehead atoms. The molecule has 2 rings (SSSR count). The van der Waals surface area contributed by atoms with Crippen molar-refractivity contribution < 1.29 is 23.1 Å². The highest BCUT2D eigenvalue weighted by Crippen LogP contribution is 2.30. The fourth-order valence-electron chi connectivity index (χ4n) is 2.68. The highest BCUT2D eigenvalue weighted by atomic mass is 32.2. The van der Waals surface area contributed by atoms with Crippen LogP contribution in [0, 0.1) is 5.41 Å². The summed E-state index contributed by atoms with van der Waals surface area (Å²) in [4.78, 5) is 10.6. The van der Waals surface area contributed by atoms with Crippen LogP contribution < -0.4 is 10.5 Å². The van der Waals surface area contributed by atoms with Crippen LogP contribution in [0.15, 0.2) is 47.4 Å². The second-order valence-corrected chi connectivity index (χ2v) is 8.46. The lowest BCUT2D eigenvalue weighted by Gasteiger charge is -2.12. The first-order valence-electron chi connectivity index (χ1n) is 8.82. The molecule has 2 aromatic rings. The van der Waals surface area contributed by atoms with Gasteiger partial charge in [-0.15, -0.1) is 0 Å². The first-order valence-corrected chi connectivity index (χ1v) is 10.7. The van der Waals surface area contributed by atoms with Gasteiger partial charge in [0, 0.05) is 18.2 Å². The molecular weight excluding hydrogens is 380 g/mol. The normalized spacial score (nSPS) is 11.2. The largest absolute Gasteiger partial charge is 0.492 e. The zero-order valence-electron chi connectivity index (χ0n) is 15.6. The van der Waals surface area contributed by atoms with E-state index in [9.17, 15) is 13.2 Å². The molecule has 28 heavy (non-hydrogen) atoms. The summed E-state index contributed by atoms with van der Waals surface area (Å²) in [7, 11) is -3.50. The maximum Gasteiger partial charge on any atom is 0.303 e. The number of carboxylic acids is 1. The number of nitrogens with two attached hydrogens (primary N) is 1. The van der Waals surface area contributed by atoms with Crippen LogP contribution >= 0.6 is 0 Å². The Bertz CT molecular complexity index is 953. The molecule has 2 aromatic carbocycles. The zero-order chi connectivity index (χ0) is 20.7. The molecule has 0 fully saturated rings. The maximum atomic E-state index is 12.2. The average Bonchev–Trinajstić information content (AvgIpc) is 2.63. The molecule has 150 valence electrons. The van der Waals surface area contributed by atoms with E-state index in [-0.39, 0.29) is 22.9 Å². The molecule has 7 nitrogen and oxygen atoms in total. The van der Waals surface area contributed by atoms with Crippen molar-refractivity contribution in [2.45, 2.75) is 30.6 Å². The van der Waals surface area contributed by atoms with E-state index in [4.69, 9.17) is 21.0 Å². The van der Waals surface area contributed by atoms with Gasteiger partial charge in [-0.1, -0.05) is 30.3 Å². The van der Waals surface area contributed by atoms with Gasteiger partial charge in [-0.3, -0.25) is 10.2 Å². The van der Waals surface area contributed by atoms with Crippen molar-refractivity contribution in [1.82, 2.24) is 0 Å². The number of ether oxygens (including phenoxy) is 1. The molecular formula is C20H24N2O5S. The van der Waals surface area contributed by atoms with Crippen LogP contribution in [0.4, 0.5) is 0 Å². The maximum absolute atomic E-state index is 12.2. The molecule has 0 radical (unpaired) electrons. The molecule has 0 aromatic heterocycles. The molecule has 4 N–H and O–H groups in total. The van der Waals surface area contributed by atoms with Crippen LogP contribution in [-0.2, 0) is 14.6 Å². The average molecular weight is 404 g/mol. The summed E-state index contributed by atoms with van der Waals surface area (Å²) in [5.74, 6) is -0.576. The molecule has 0 saturated carbocycles. The Kier molecular flexibility index (Phi) is 7.17. The van der Waals surface area contributed by atoms with E-state index < -0.39 is 15.8 Å². The second kappa shape index (κ2) is 9.36. The summed E-state index contributed by atoms with van der Waals surface area (Å²) in [6.45, 7) is 0.314. The van der Waals surface area contributed by atoms with Crippen molar-refractivity contribution in [3.63, 3.8) is 0 Å². The van der Waals surface area contributed by atoms with Gasteiger partial charge < -0.3 is 15.6 Å². The molecule has 0 aliphatic rings. The Labute approximate surface area is 164 Å². The molecule has 0 atom stereocenters. The third-order valence-corrected chi connectivity index (χ3v) is 5.28. The number of hydrogen-bond acceptors (Lipinski definition) is 5. The van der Waals surface area contributed by atoms with Gasteiger partial charge in [0.05, 0.1) is 6.61 Å². The number of carbonyl (C=O) groups is 1. The number of rotatable bonds is 10. The number of amidine groups is 1. The summed E-state index contributed by atoms with van der Waals surface area (Å²) in [6.07, 6.45) is 3.15. The van der Waals surface area contributed by atoms with Crippen LogP contribution in [0.2, 0.25) is 0 Å². The van der Waals surface area contributed by atoms with Gasteiger partial charge in [0.15, 0.2) is 9.84 Å². The Morgan fingerprint density at radius 2 is 1.71 bits per heavy atom. The minimum atomic E-state index is -3.50. The van der Waals surface area contributed by atoms with E-state index >= 15 is 0 Å². The zero-order valence-corrected chi connectivity index (χ0v) is 16.5.